The standard InChI is InChI=1S/C30H30N6O2/c1-21(29-32-34-35-33-29)17-25-19-36(22(2)30(37)31-16-15-23-9-5-3-6-10-23)28-14-13-26(18-27(25)28)38-20-24-11-7-4-8-12-24/h3-14,17-19,22H,15-16,20H2,1-2H3,(H,31,37)(H,32,33,34,35). The third-order valence-corrected chi connectivity index (χ3v) is 6.51. The quantitative estimate of drug-likeness (QED) is 0.271. The second kappa shape index (κ2) is 11.6. The fourth-order valence-corrected chi connectivity index (χ4v) is 4.40. The van der Waals surface area contributed by atoms with Gasteiger partial charge in [0.15, 0.2) is 5.82 Å². The lowest BCUT2D eigenvalue weighted by atomic mass is 10.1. The molecule has 2 heterocycles. The molecule has 2 N–H and O–H groups in total. The summed E-state index contributed by atoms with van der Waals surface area (Å²) in [5, 5.41) is 18.4. The number of ether oxygens (including phenoxy) is 1. The normalized spacial score (nSPS) is 12.4. The summed E-state index contributed by atoms with van der Waals surface area (Å²) >= 11 is 0. The van der Waals surface area contributed by atoms with Crippen LogP contribution in [0.3, 0.4) is 0 Å². The van der Waals surface area contributed by atoms with E-state index in [2.05, 4.69) is 38.1 Å². The van der Waals surface area contributed by atoms with Gasteiger partial charge in [0.1, 0.15) is 18.4 Å². The lowest BCUT2D eigenvalue weighted by Crippen LogP contribution is -2.32. The molecule has 0 bridgehead atoms. The van der Waals surface area contributed by atoms with Gasteiger partial charge in [-0.1, -0.05) is 60.7 Å². The number of nitrogens with zero attached hydrogens (tertiary/aromatic N) is 4. The van der Waals surface area contributed by atoms with E-state index in [1.807, 2.05) is 97.4 Å². The average Bonchev–Trinajstić information content (AvgIpc) is 3.61. The third-order valence-electron chi connectivity index (χ3n) is 6.51. The van der Waals surface area contributed by atoms with Crippen LogP contribution in [-0.2, 0) is 17.8 Å². The Balaban J connectivity index is 1.41. The molecule has 0 radical (unpaired) electrons. The van der Waals surface area contributed by atoms with Crippen LogP contribution in [0.4, 0.5) is 0 Å². The molecule has 2 aromatic heterocycles. The number of rotatable bonds is 10. The van der Waals surface area contributed by atoms with Crippen molar-refractivity contribution in [1.82, 2.24) is 30.5 Å². The largest absolute Gasteiger partial charge is 0.489 e. The molecule has 0 saturated heterocycles. The maximum absolute atomic E-state index is 13.1. The van der Waals surface area contributed by atoms with Gasteiger partial charge in [0.05, 0.1) is 0 Å². The smallest absolute Gasteiger partial charge is 0.242 e. The van der Waals surface area contributed by atoms with E-state index in [1.165, 1.54) is 5.56 Å². The Hall–Kier alpha value is -4.72. The maximum Gasteiger partial charge on any atom is 0.242 e. The van der Waals surface area contributed by atoms with E-state index in [4.69, 9.17) is 4.74 Å². The van der Waals surface area contributed by atoms with Gasteiger partial charge in [-0.25, -0.2) is 0 Å². The number of carbonyl (C=O) groups is 1. The van der Waals surface area contributed by atoms with Crippen LogP contribution in [0, 0.1) is 0 Å². The van der Waals surface area contributed by atoms with Crippen molar-refractivity contribution in [2.75, 3.05) is 6.54 Å². The SMILES string of the molecule is CC(=Cc1cn(C(C)C(=O)NCCc2ccccc2)c2ccc(OCc3ccccc3)cc12)c1nn[nH]n1. The molecule has 1 unspecified atom stereocenters. The average molecular weight is 507 g/mol. The molecular formula is C30H30N6O2. The number of aromatic amines is 1. The summed E-state index contributed by atoms with van der Waals surface area (Å²) in [6.07, 6.45) is 4.78. The second-order valence-corrected chi connectivity index (χ2v) is 9.21. The number of carbonyl (C=O) groups excluding carboxylic acids is 1. The lowest BCUT2D eigenvalue weighted by Gasteiger charge is -2.16. The summed E-state index contributed by atoms with van der Waals surface area (Å²) < 4.78 is 8.10. The Morgan fingerprint density at radius 2 is 1.79 bits per heavy atom. The molecule has 5 aromatic rings. The van der Waals surface area contributed by atoms with Gasteiger partial charge in [-0.2, -0.15) is 5.21 Å². The van der Waals surface area contributed by atoms with E-state index < -0.39 is 6.04 Å². The maximum atomic E-state index is 13.1. The first-order valence-electron chi connectivity index (χ1n) is 12.6. The van der Waals surface area contributed by atoms with E-state index in [-0.39, 0.29) is 5.91 Å². The number of H-pyrrole nitrogens is 1. The Morgan fingerprint density at radius 3 is 2.50 bits per heavy atom. The Morgan fingerprint density at radius 1 is 1.05 bits per heavy atom. The molecule has 3 aromatic carbocycles. The van der Waals surface area contributed by atoms with Gasteiger partial charge in [0.2, 0.25) is 5.91 Å². The summed E-state index contributed by atoms with van der Waals surface area (Å²) in [5.74, 6) is 1.24. The van der Waals surface area contributed by atoms with Crippen molar-refractivity contribution in [1.29, 1.82) is 0 Å². The van der Waals surface area contributed by atoms with E-state index >= 15 is 0 Å². The van der Waals surface area contributed by atoms with E-state index in [9.17, 15) is 4.79 Å². The van der Waals surface area contributed by atoms with Crippen LogP contribution in [0.1, 0.15) is 42.4 Å². The predicted octanol–water partition coefficient (Wildman–Crippen LogP) is 5.21. The Kier molecular flexibility index (Phi) is 7.59. The molecule has 0 aliphatic carbocycles. The second-order valence-electron chi connectivity index (χ2n) is 9.21. The Bertz CT molecular complexity index is 1530. The van der Waals surface area contributed by atoms with Crippen LogP contribution < -0.4 is 10.1 Å². The van der Waals surface area contributed by atoms with Crippen LogP contribution in [0.2, 0.25) is 0 Å². The number of tetrazole rings is 1. The zero-order chi connectivity index (χ0) is 26.3. The van der Waals surface area contributed by atoms with Gasteiger partial charge in [-0.3, -0.25) is 4.79 Å². The van der Waals surface area contributed by atoms with Crippen LogP contribution in [0.25, 0.3) is 22.6 Å². The van der Waals surface area contributed by atoms with Crippen molar-refractivity contribution in [3.8, 4) is 5.75 Å². The summed E-state index contributed by atoms with van der Waals surface area (Å²) in [7, 11) is 0. The lowest BCUT2D eigenvalue weighted by molar-refractivity contribution is -0.123. The number of benzene rings is 3. The highest BCUT2D eigenvalue weighted by Gasteiger charge is 2.19. The molecule has 192 valence electrons. The van der Waals surface area contributed by atoms with Gasteiger partial charge in [0.25, 0.3) is 0 Å². The van der Waals surface area contributed by atoms with Crippen molar-refractivity contribution >= 4 is 28.5 Å². The van der Waals surface area contributed by atoms with Gasteiger partial charge >= 0.3 is 0 Å². The van der Waals surface area contributed by atoms with Crippen LogP contribution in [0.5, 0.6) is 5.75 Å². The van der Waals surface area contributed by atoms with Crippen molar-refractivity contribution in [2.45, 2.75) is 32.9 Å². The number of allylic oxidation sites excluding steroid dienone is 1. The highest BCUT2D eigenvalue weighted by atomic mass is 16.5. The molecule has 8 heteroatoms. The molecular weight excluding hydrogens is 476 g/mol. The molecule has 5 rings (SSSR count). The first kappa shape index (κ1) is 25.0. The first-order chi connectivity index (χ1) is 18.6. The van der Waals surface area contributed by atoms with Crippen LogP contribution in [0.15, 0.2) is 85.1 Å². The number of amides is 1. The van der Waals surface area contributed by atoms with Crippen molar-refractivity contribution in [3.63, 3.8) is 0 Å². The van der Waals surface area contributed by atoms with Crippen molar-refractivity contribution in [2.24, 2.45) is 0 Å². The summed E-state index contributed by atoms with van der Waals surface area (Å²) in [6, 6.07) is 25.8. The third kappa shape index (κ3) is 5.81. The molecule has 0 fully saturated rings. The highest BCUT2D eigenvalue weighted by Crippen LogP contribution is 2.31. The number of hydrogen-bond acceptors (Lipinski definition) is 5. The number of aromatic nitrogens is 5. The molecule has 0 aliphatic rings. The first-order valence-corrected chi connectivity index (χ1v) is 12.6. The molecule has 38 heavy (non-hydrogen) atoms. The van der Waals surface area contributed by atoms with Gasteiger partial charge < -0.3 is 14.6 Å². The van der Waals surface area contributed by atoms with Crippen molar-refractivity contribution in [3.05, 3.63) is 108 Å². The van der Waals surface area contributed by atoms with Crippen LogP contribution in [-0.4, -0.2) is 37.6 Å². The van der Waals surface area contributed by atoms with Crippen LogP contribution >= 0.6 is 0 Å². The van der Waals surface area contributed by atoms with E-state index in [0.717, 1.165) is 39.8 Å². The topological polar surface area (TPSA) is 97.7 Å². The molecule has 0 aliphatic heterocycles. The number of hydrogen-bond donors (Lipinski definition) is 2. The molecule has 0 saturated carbocycles. The highest BCUT2D eigenvalue weighted by molar-refractivity contribution is 5.96. The fourth-order valence-electron chi connectivity index (χ4n) is 4.40. The molecule has 1 amide bonds. The number of nitrogens with one attached hydrogen (secondary N) is 2. The fraction of sp³-hybridized carbons (Fsp3) is 0.200. The van der Waals surface area contributed by atoms with Crippen molar-refractivity contribution < 1.29 is 9.53 Å². The predicted molar refractivity (Wildman–Crippen MR) is 148 cm³/mol. The zero-order valence-corrected chi connectivity index (χ0v) is 21.5. The minimum Gasteiger partial charge on any atom is -0.489 e. The summed E-state index contributed by atoms with van der Waals surface area (Å²) in [5.41, 5.74) is 5.03. The monoisotopic (exact) mass is 506 g/mol. The summed E-state index contributed by atoms with van der Waals surface area (Å²) in [6.45, 7) is 4.90. The van der Waals surface area contributed by atoms with E-state index in [0.29, 0.717) is 19.0 Å². The zero-order valence-electron chi connectivity index (χ0n) is 21.5. The van der Waals surface area contributed by atoms with E-state index in [1.54, 1.807) is 0 Å². The Labute approximate surface area is 221 Å². The summed E-state index contributed by atoms with van der Waals surface area (Å²) in [4.78, 5) is 13.1. The minimum atomic E-state index is -0.406. The number of fused-ring (bicyclic) bond motifs is 1. The molecule has 8 nitrogen and oxygen atoms in total. The molecule has 0 spiro atoms. The van der Waals surface area contributed by atoms with Gasteiger partial charge in [-0.05, 0) is 66.5 Å². The molecule has 1 atom stereocenters. The van der Waals surface area contributed by atoms with Gasteiger partial charge in [-0.15, -0.1) is 10.2 Å². The minimum absolute atomic E-state index is 0.0346. The van der Waals surface area contributed by atoms with Gasteiger partial charge in [0, 0.05) is 29.2 Å².